The van der Waals surface area contributed by atoms with Gasteiger partial charge in [0, 0.05) is 26.3 Å². The number of rotatable bonds is 2. The zero-order valence-electron chi connectivity index (χ0n) is 11.8. The normalized spacial score (nSPS) is 15.9. The van der Waals surface area contributed by atoms with Crippen LogP contribution in [0.25, 0.3) is 0 Å². The summed E-state index contributed by atoms with van der Waals surface area (Å²) < 4.78 is 0. The molecule has 0 fully saturated rings. The van der Waals surface area contributed by atoms with Crippen LogP contribution < -0.4 is 9.80 Å². The van der Waals surface area contributed by atoms with Crippen LogP contribution in [-0.2, 0) is 0 Å². The van der Waals surface area contributed by atoms with Crippen molar-refractivity contribution in [1.82, 2.24) is 4.98 Å². The number of aliphatic hydroxyl groups excluding tert-OH is 1. The molecule has 1 N–H and O–H groups in total. The summed E-state index contributed by atoms with van der Waals surface area (Å²) in [6.07, 6.45) is 1.29. The summed E-state index contributed by atoms with van der Waals surface area (Å²) in [6, 6.07) is 12.2. The Kier molecular flexibility index (Phi) is 3.32. The molecule has 4 heteroatoms. The van der Waals surface area contributed by atoms with Gasteiger partial charge in [0.05, 0.1) is 17.5 Å². The summed E-state index contributed by atoms with van der Waals surface area (Å²) in [5.74, 6) is 0.893. The van der Waals surface area contributed by atoms with E-state index in [4.69, 9.17) is 0 Å². The fraction of sp³-hybridized carbons (Fsp3) is 0.312. The first kappa shape index (κ1) is 12.9. The van der Waals surface area contributed by atoms with E-state index in [-0.39, 0.29) is 0 Å². The number of anilines is 3. The van der Waals surface area contributed by atoms with Gasteiger partial charge in [-0.05, 0) is 36.8 Å². The summed E-state index contributed by atoms with van der Waals surface area (Å²) >= 11 is 0. The lowest BCUT2D eigenvalue weighted by atomic mass is 10.1. The van der Waals surface area contributed by atoms with Gasteiger partial charge < -0.3 is 14.9 Å². The summed E-state index contributed by atoms with van der Waals surface area (Å²) in [7, 11) is 2.11. The van der Waals surface area contributed by atoms with E-state index in [0.29, 0.717) is 0 Å². The molecule has 1 aliphatic rings. The summed E-state index contributed by atoms with van der Waals surface area (Å²) in [4.78, 5) is 8.93. The number of para-hydroxylation sites is 2. The van der Waals surface area contributed by atoms with E-state index in [1.54, 1.807) is 13.1 Å². The number of fused-ring (bicyclic) bond motifs is 1. The molecule has 0 unspecified atom stereocenters. The SMILES string of the molecule is C[C@H](O)c1ccnc(N2CCN(C)c3ccccc32)c1. The number of likely N-dealkylation sites (N-methyl/N-ethyl adjacent to an activating group) is 1. The van der Waals surface area contributed by atoms with E-state index >= 15 is 0 Å². The molecule has 0 spiro atoms. The summed E-state index contributed by atoms with van der Waals surface area (Å²) in [6.45, 7) is 3.62. The first-order chi connectivity index (χ1) is 9.66. The average Bonchev–Trinajstić information content (AvgIpc) is 2.48. The van der Waals surface area contributed by atoms with Gasteiger partial charge in [-0.2, -0.15) is 0 Å². The molecule has 1 aromatic carbocycles. The maximum absolute atomic E-state index is 9.73. The standard InChI is InChI=1S/C16H19N3O/c1-12(20)13-7-8-17-16(11-13)19-10-9-18(2)14-5-3-4-6-15(14)19/h3-8,11-12,20H,9-10H2,1-2H3/t12-/m0/s1. The molecule has 2 heterocycles. The molecule has 104 valence electrons. The zero-order chi connectivity index (χ0) is 14.1. The van der Waals surface area contributed by atoms with E-state index in [9.17, 15) is 5.11 Å². The molecular weight excluding hydrogens is 250 g/mol. The minimum absolute atomic E-state index is 0.473. The van der Waals surface area contributed by atoms with Crippen LogP contribution in [0.2, 0.25) is 0 Å². The van der Waals surface area contributed by atoms with Crippen LogP contribution in [0.4, 0.5) is 17.2 Å². The Morgan fingerprint density at radius 1 is 1.15 bits per heavy atom. The Balaban J connectivity index is 2.03. The van der Waals surface area contributed by atoms with Crippen molar-refractivity contribution in [3.05, 3.63) is 48.2 Å². The van der Waals surface area contributed by atoms with E-state index in [2.05, 4.69) is 40.0 Å². The van der Waals surface area contributed by atoms with Gasteiger partial charge in [-0.3, -0.25) is 0 Å². The quantitative estimate of drug-likeness (QED) is 0.910. The fourth-order valence-corrected chi connectivity index (χ4v) is 2.59. The number of benzene rings is 1. The van der Waals surface area contributed by atoms with Crippen molar-refractivity contribution < 1.29 is 5.11 Å². The van der Waals surface area contributed by atoms with Gasteiger partial charge in [0.2, 0.25) is 0 Å². The number of nitrogens with zero attached hydrogens (tertiary/aromatic N) is 3. The zero-order valence-corrected chi connectivity index (χ0v) is 11.8. The third-order valence-corrected chi connectivity index (χ3v) is 3.77. The fourth-order valence-electron chi connectivity index (χ4n) is 2.59. The van der Waals surface area contributed by atoms with Crippen LogP contribution in [0.1, 0.15) is 18.6 Å². The van der Waals surface area contributed by atoms with Crippen molar-refractivity contribution in [3.8, 4) is 0 Å². The van der Waals surface area contributed by atoms with Gasteiger partial charge >= 0.3 is 0 Å². The molecule has 0 bridgehead atoms. The lowest BCUT2D eigenvalue weighted by Crippen LogP contribution is -2.36. The first-order valence-electron chi connectivity index (χ1n) is 6.88. The lowest BCUT2D eigenvalue weighted by molar-refractivity contribution is 0.199. The number of hydrogen-bond donors (Lipinski definition) is 1. The van der Waals surface area contributed by atoms with Crippen molar-refractivity contribution in [1.29, 1.82) is 0 Å². The third kappa shape index (κ3) is 2.23. The Hall–Kier alpha value is -2.07. The predicted octanol–water partition coefficient (Wildman–Crippen LogP) is 2.72. The highest BCUT2D eigenvalue weighted by Gasteiger charge is 2.22. The monoisotopic (exact) mass is 269 g/mol. The van der Waals surface area contributed by atoms with Crippen molar-refractivity contribution >= 4 is 17.2 Å². The minimum atomic E-state index is -0.473. The van der Waals surface area contributed by atoms with Crippen LogP contribution in [0, 0.1) is 0 Å². The van der Waals surface area contributed by atoms with E-state index in [1.165, 1.54) is 5.69 Å². The first-order valence-corrected chi connectivity index (χ1v) is 6.88. The van der Waals surface area contributed by atoms with E-state index < -0.39 is 6.10 Å². The molecule has 4 nitrogen and oxygen atoms in total. The van der Waals surface area contributed by atoms with Crippen LogP contribution in [0.5, 0.6) is 0 Å². The van der Waals surface area contributed by atoms with Crippen molar-refractivity contribution in [2.24, 2.45) is 0 Å². The highest BCUT2D eigenvalue weighted by Crippen LogP contribution is 2.36. The maximum atomic E-state index is 9.73. The maximum Gasteiger partial charge on any atom is 0.133 e. The van der Waals surface area contributed by atoms with Gasteiger partial charge in [-0.15, -0.1) is 0 Å². The Morgan fingerprint density at radius 2 is 1.90 bits per heavy atom. The van der Waals surface area contributed by atoms with Gasteiger partial charge in [-0.25, -0.2) is 4.98 Å². The topological polar surface area (TPSA) is 39.6 Å². The molecule has 3 rings (SSSR count). The summed E-state index contributed by atoms with van der Waals surface area (Å²) in [5, 5.41) is 9.73. The highest BCUT2D eigenvalue weighted by molar-refractivity contribution is 5.78. The molecule has 1 aromatic heterocycles. The van der Waals surface area contributed by atoms with Gasteiger partial charge in [0.25, 0.3) is 0 Å². The van der Waals surface area contributed by atoms with Crippen LogP contribution in [-0.4, -0.2) is 30.2 Å². The second-order valence-electron chi connectivity index (χ2n) is 5.19. The summed E-state index contributed by atoms with van der Waals surface area (Å²) in [5.41, 5.74) is 3.27. The number of pyridine rings is 1. The van der Waals surface area contributed by atoms with Crippen LogP contribution >= 0.6 is 0 Å². The smallest absolute Gasteiger partial charge is 0.133 e. The molecule has 0 saturated carbocycles. The molecular formula is C16H19N3O. The van der Waals surface area contributed by atoms with E-state index in [1.807, 2.05) is 18.2 Å². The second kappa shape index (κ2) is 5.13. The Morgan fingerprint density at radius 3 is 2.65 bits per heavy atom. The van der Waals surface area contributed by atoms with Gasteiger partial charge in [0.15, 0.2) is 0 Å². The van der Waals surface area contributed by atoms with Crippen LogP contribution in [0.15, 0.2) is 42.6 Å². The lowest BCUT2D eigenvalue weighted by Gasteiger charge is -2.36. The molecule has 0 amide bonds. The molecule has 20 heavy (non-hydrogen) atoms. The highest BCUT2D eigenvalue weighted by atomic mass is 16.3. The van der Waals surface area contributed by atoms with Crippen LogP contribution in [0.3, 0.4) is 0 Å². The van der Waals surface area contributed by atoms with Gasteiger partial charge in [-0.1, -0.05) is 12.1 Å². The van der Waals surface area contributed by atoms with Crippen molar-refractivity contribution in [3.63, 3.8) is 0 Å². The molecule has 0 aliphatic carbocycles. The van der Waals surface area contributed by atoms with Crippen molar-refractivity contribution in [2.75, 3.05) is 29.9 Å². The number of hydrogen-bond acceptors (Lipinski definition) is 4. The van der Waals surface area contributed by atoms with Gasteiger partial charge in [0.1, 0.15) is 5.82 Å². The molecule has 1 aliphatic heterocycles. The molecule has 1 atom stereocenters. The number of aliphatic hydroxyl groups is 1. The molecule has 2 aromatic rings. The molecule has 0 radical (unpaired) electrons. The minimum Gasteiger partial charge on any atom is -0.389 e. The Labute approximate surface area is 119 Å². The average molecular weight is 269 g/mol. The Bertz CT molecular complexity index is 612. The largest absolute Gasteiger partial charge is 0.389 e. The number of aromatic nitrogens is 1. The third-order valence-electron chi connectivity index (χ3n) is 3.77. The predicted molar refractivity (Wildman–Crippen MR) is 81.6 cm³/mol. The van der Waals surface area contributed by atoms with Crippen molar-refractivity contribution in [2.45, 2.75) is 13.0 Å². The van der Waals surface area contributed by atoms with E-state index in [0.717, 1.165) is 30.2 Å². The molecule has 0 saturated heterocycles. The second-order valence-corrected chi connectivity index (χ2v) is 5.19.